The summed E-state index contributed by atoms with van der Waals surface area (Å²) >= 11 is 0. The number of hydrogen-bond donors (Lipinski definition) is 2. The van der Waals surface area contributed by atoms with Crippen LogP contribution in [0.3, 0.4) is 0 Å². The van der Waals surface area contributed by atoms with E-state index in [2.05, 4.69) is 24.1 Å². The maximum Gasteiger partial charge on any atom is 0.341 e. The quantitative estimate of drug-likeness (QED) is 0.529. The first kappa shape index (κ1) is 21.7. The number of fused-ring (bicyclic) bond motifs is 3. The third-order valence-corrected chi connectivity index (χ3v) is 5.89. The molecule has 3 aromatic rings. The number of aryl methyl sites for hydroxylation is 1. The van der Waals surface area contributed by atoms with Crippen molar-refractivity contribution in [2.75, 3.05) is 18.5 Å². The van der Waals surface area contributed by atoms with Crippen LogP contribution in [0.2, 0.25) is 0 Å². The van der Waals surface area contributed by atoms with Gasteiger partial charge >= 0.3 is 12.0 Å². The van der Waals surface area contributed by atoms with Crippen LogP contribution in [-0.4, -0.2) is 35.0 Å². The summed E-state index contributed by atoms with van der Waals surface area (Å²) in [5, 5.41) is 4.14. The first-order chi connectivity index (χ1) is 15.4. The average molecular weight is 432 g/mol. The summed E-state index contributed by atoms with van der Waals surface area (Å²) in [6.45, 7) is 8.68. The first-order valence-electron chi connectivity index (χ1n) is 11.1. The van der Waals surface area contributed by atoms with Gasteiger partial charge in [0, 0.05) is 29.3 Å². The molecular formula is C26H29N3O3. The average Bonchev–Trinajstić information content (AvgIpc) is 3.02. The van der Waals surface area contributed by atoms with Crippen LogP contribution in [0, 0.1) is 6.92 Å². The molecule has 2 amide bonds. The summed E-state index contributed by atoms with van der Waals surface area (Å²) in [6, 6.07) is 13.7. The van der Waals surface area contributed by atoms with E-state index in [-0.39, 0.29) is 18.6 Å². The summed E-state index contributed by atoms with van der Waals surface area (Å²) < 4.78 is 5.32. The van der Waals surface area contributed by atoms with E-state index in [1.165, 1.54) is 0 Å². The first-order valence-corrected chi connectivity index (χ1v) is 11.1. The minimum Gasteiger partial charge on any atom is -0.462 e. The highest BCUT2D eigenvalue weighted by Crippen LogP contribution is 2.32. The van der Waals surface area contributed by atoms with Crippen molar-refractivity contribution in [3.63, 3.8) is 0 Å². The van der Waals surface area contributed by atoms with E-state index in [0.717, 1.165) is 39.0 Å². The number of urea groups is 1. The molecule has 1 aromatic heterocycles. The number of carbonyl (C=O) groups excluding carboxylic acids is 2. The summed E-state index contributed by atoms with van der Waals surface area (Å²) in [5.74, 6) is -0.176. The standard InChI is InChI=1S/C26H29N3O3/c1-5-32-25(30)21-15-29(14-13-20-19-10-6-7-12-22(19)27-24(20)21)26(31)28-23-17(4)9-8-11-18(23)16(2)3/h6-12,15-16,27H,5,13-14H2,1-4H3,(H,28,31). The Bertz CT molecular complexity index is 1210. The monoisotopic (exact) mass is 431 g/mol. The van der Waals surface area contributed by atoms with Crippen LogP contribution >= 0.6 is 0 Å². The molecule has 1 aliphatic rings. The van der Waals surface area contributed by atoms with Gasteiger partial charge in [-0.2, -0.15) is 0 Å². The number of aromatic amines is 1. The number of hydrogen-bond acceptors (Lipinski definition) is 3. The SMILES string of the molecule is CCOC(=O)C1=CN(C(=O)Nc2c(C)cccc2C(C)C)CCc2c1[nH]c1ccccc21. The fraction of sp³-hybridized carbons (Fsp3) is 0.308. The van der Waals surface area contributed by atoms with Crippen LogP contribution in [0.5, 0.6) is 0 Å². The third kappa shape index (κ3) is 4.00. The van der Waals surface area contributed by atoms with Gasteiger partial charge in [-0.25, -0.2) is 9.59 Å². The van der Waals surface area contributed by atoms with E-state index in [0.29, 0.717) is 18.5 Å². The summed E-state index contributed by atoms with van der Waals surface area (Å²) in [5.41, 5.74) is 5.98. The fourth-order valence-electron chi connectivity index (χ4n) is 4.25. The van der Waals surface area contributed by atoms with Crippen molar-refractivity contribution in [3.05, 3.63) is 71.0 Å². The molecular weight excluding hydrogens is 402 g/mol. The summed E-state index contributed by atoms with van der Waals surface area (Å²) in [6.07, 6.45) is 2.23. The number of ether oxygens (including phenoxy) is 1. The van der Waals surface area contributed by atoms with Crippen LogP contribution in [0.15, 0.2) is 48.7 Å². The summed E-state index contributed by atoms with van der Waals surface area (Å²) in [7, 11) is 0. The molecule has 0 unspecified atom stereocenters. The van der Waals surface area contributed by atoms with Crippen molar-refractivity contribution < 1.29 is 14.3 Å². The number of anilines is 1. The number of nitrogens with zero attached hydrogens (tertiary/aromatic N) is 1. The van der Waals surface area contributed by atoms with E-state index >= 15 is 0 Å². The maximum absolute atomic E-state index is 13.3. The fourth-order valence-corrected chi connectivity index (χ4v) is 4.25. The molecule has 2 N–H and O–H groups in total. The van der Waals surface area contributed by atoms with E-state index in [4.69, 9.17) is 4.74 Å². The molecule has 0 fully saturated rings. The molecule has 0 radical (unpaired) electrons. The number of nitrogens with one attached hydrogen (secondary N) is 2. The topological polar surface area (TPSA) is 74.4 Å². The van der Waals surface area contributed by atoms with Gasteiger partial charge in [0.2, 0.25) is 0 Å². The smallest absolute Gasteiger partial charge is 0.341 e. The lowest BCUT2D eigenvalue weighted by Gasteiger charge is -2.22. The predicted molar refractivity (Wildman–Crippen MR) is 128 cm³/mol. The van der Waals surface area contributed by atoms with Gasteiger partial charge in [0.1, 0.15) is 0 Å². The number of H-pyrrole nitrogens is 1. The molecule has 4 rings (SSSR count). The minimum absolute atomic E-state index is 0.263. The highest BCUT2D eigenvalue weighted by Gasteiger charge is 2.27. The normalized spacial score (nSPS) is 13.5. The second-order valence-corrected chi connectivity index (χ2v) is 8.35. The number of benzene rings is 2. The van der Waals surface area contributed by atoms with Gasteiger partial charge in [-0.1, -0.05) is 50.2 Å². The predicted octanol–water partition coefficient (Wildman–Crippen LogP) is 5.59. The van der Waals surface area contributed by atoms with Crippen molar-refractivity contribution in [2.45, 2.75) is 40.0 Å². The molecule has 166 valence electrons. The number of aromatic nitrogens is 1. The lowest BCUT2D eigenvalue weighted by atomic mass is 9.98. The van der Waals surface area contributed by atoms with Crippen molar-refractivity contribution in [1.29, 1.82) is 0 Å². The van der Waals surface area contributed by atoms with Gasteiger partial charge in [0.05, 0.1) is 17.9 Å². The van der Waals surface area contributed by atoms with E-state index in [1.807, 2.05) is 49.4 Å². The van der Waals surface area contributed by atoms with Gasteiger partial charge in [0.15, 0.2) is 0 Å². The van der Waals surface area contributed by atoms with Gasteiger partial charge in [0.25, 0.3) is 0 Å². The number of para-hydroxylation sites is 2. The lowest BCUT2D eigenvalue weighted by molar-refractivity contribution is -0.136. The highest BCUT2D eigenvalue weighted by atomic mass is 16.5. The Labute approximate surface area is 188 Å². The van der Waals surface area contributed by atoms with Gasteiger partial charge in [-0.15, -0.1) is 0 Å². The molecule has 1 aliphatic heterocycles. The Kier molecular flexibility index (Phi) is 6.04. The van der Waals surface area contributed by atoms with E-state index in [9.17, 15) is 9.59 Å². The second kappa shape index (κ2) is 8.91. The van der Waals surface area contributed by atoms with Crippen molar-refractivity contribution >= 4 is 34.2 Å². The van der Waals surface area contributed by atoms with Crippen LogP contribution in [0.25, 0.3) is 16.5 Å². The lowest BCUT2D eigenvalue weighted by Crippen LogP contribution is -2.32. The Morgan fingerprint density at radius 1 is 1.16 bits per heavy atom. The van der Waals surface area contributed by atoms with Gasteiger partial charge in [-0.05, 0) is 48.9 Å². The molecule has 0 aliphatic carbocycles. The molecule has 0 saturated carbocycles. The molecule has 0 spiro atoms. The molecule has 6 nitrogen and oxygen atoms in total. The number of amides is 2. The zero-order valence-corrected chi connectivity index (χ0v) is 19.0. The molecule has 2 aromatic carbocycles. The van der Waals surface area contributed by atoms with Crippen molar-refractivity contribution in [1.82, 2.24) is 9.88 Å². The largest absolute Gasteiger partial charge is 0.462 e. The zero-order valence-electron chi connectivity index (χ0n) is 19.0. The summed E-state index contributed by atoms with van der Waals surface area (Å²) in [4.78, 5) is 31.1. The number of esters is 1. The second-order valence-electron chi connectivity index (χ2n) is 8.35. The molecule has 0 atom stereocenters. The molecule has 2 heterocycles. The maximum atomic E-state index is 13.3. The Morgan fingerprint density at radius 3 is 2.69 bits per heavy atom. The van der Waals surface area contributed by atoms with Crippen molar-refractivity contribution in [3.8, 4) is 0 Å². The van der Waals surface area contributed by atoms with Gasteiger partial charge < -0.3 is 15.0 Å². The van der Waals surface area contributed by atoms with Crippen LogP contribution in [0.4, 0.5) is 10.5 Å². The molecule has 6 heteroatoms. The Morgan fingerprint density at radius 2 is 1.94 bits per heavy atom. The number of carbonyl (C=O) groups is 2. The zero-order chi connectivity index (χ0) is 22.8. The van der Waals surface area contributed by atoms with E-state index < -0.39 is 5.97 Å². The molecule has 0 saturated heterocycles. The van der Waals surface area contributed by atoms with Crippen molar-refractivity contribution in [2.24, 2.45) is 0 Å². The number of rotatable bonds is 4. The molecule has 0 bridgehead atoms. The minimum atomic E-state index is -0.446. The Balaban J connectivity index is 1.72. The molecule has 32 heavy (non-hydrogen) atoms. The van der Waals surface area contributed by atoms with Crippen LogP contribution in [-0.2, 0) is 16.0 Å². The highest BCUT2D eigenvalue weighted by molar-refractivity contribution is 6.18. The Hall–Kier alpha value is -3.54. The van der Waals surface area contributed by atoms with Crippen LogP contribution < -0.4 is 5.32 Å². The van der Waals surface area contributed by atoms with E-state index in [1.54, 1.807) is 18.0 Å². The van der Waals surface area contributed by atoms with Crippen LogP contribution in [0.1, 0.15) is 49.1 Å². The third-order valence-electron chi connectivity index (χ3n) is 5.89. The van der Waals surface area contributed by atoms with Gasteiger partial charge in [-0.3, -0.25) is 4.90 Å².